The second-order valence-corrected chi connectivity index (χ2v) is 6.91. The monoisotopic (exact) mass is 391 g/mol. The van der Waals surface area contributed by atoms with Crippen LogP contribution in [0.5, 0.6) is 0 Å². The van der Waals surface area contributed by atoms with Gasteiger partial charge in [0.25, 0.3) is 0 Å². The molecule has 7 nitrogen and oxygen atoms in total. The predicted molar refractivity (Wildman–Crippen MR) is 99.2 cm³/mol. The number of benzene rings is 1. The van der Waals surface area contributed by atoms with Crippen LogP contribution in [-0.2, 0) is 4.74 Å². The number of para-hydroxylation sites is 1. The summed E-state index contributed by atoms with van der Waals surface area (Å²) in [6, 6.07) is 12.4. The molecule has 1 aromatic carbocycles. The summed E-state index contributed by atoms with van der Waals surface area (Å²) in [7, 11) is 0. The van der Waals surface area contributed by atoms with Crippen LogP contribution in [0.4, 0.5) is 27.8 Å². The summed E-state index contributed by atoms with van der Waals surface area (Å²) in [6.45, 7) is -0.381. The zero-order chi connectivity index (χ0) is 18.2. The summed E-state index contributed by atoms with van der Waals surface area (Å²) in [4.78, 5) is 15.0. The molecular formula is C14H16Cl3N5O2. The Morgan fingerprint density at radius 2 is 1.71 bits per heavy atom. The molecule has 0 atom stereocenters. The number of alkyl halides is 3. The van der Waals surface area contributed by atoms with Crippen LogP contribution in [0.2, 0.25) is 0 Å². The van der Waals surface area contributed by atoms with Crippen LogP contribution < -0.4 is 22.5 Å². The Bertz CT molecular complexity index is 665. The van der Waals surface area contributed by atoms with Crippen molar-refractivity contribution >= 4 is 63.9 Å². The van der Waals surface area contributed by atoms with Gasteiger partial charge in [0.1, 0.15) is 18.2 Å². The third kappa shape index (κ3) is 8.52. The van der Waals surface area contributed by atoms with Crippen LogP contribution in [-0.4, -0.2) is 21.5 Å². The largest absolute Gasteiger partial charge is 0.445 e. The highest BCUT2D eigenvalue weighted by Gasteiger charge is 2.22. The second kappa shape index (κ2) is 9.27. The van der Waals surface area contributed by atoms with Crippen LogP contribution in [0.25, 0.3) is 0 Å². The maximum atomic E-state index is 11.2. The van der Waals surface area contributed by atoms with Crippen molar-refractivity contribution in [2.45, 2.75) is 3.79 Å². The van der Waals surface area contributed by atoms with Crippen molar-refractivity contribution in [1.82, 2.24) is 4.98 Å². The van der Waals surface area contributed by atoms with E-state index in [4.69, 9.17) is 52.0 Å². The van der Waals surface area contributed by atoms with Crippen LogP contribution in [0.3, 0.4) is 0 Å². The van der Waals surface area contributed by atoms with Crippen LogP contribution in [0.1, 0.15) is 0 Å². The highest BCUT2D eigenvalue weighted by molar-refractivity contribution is 6.67. The number of carbonyl (C=O) groups is 1. The fraction of sp³-hybridized carbons (Fsp3) is 0.143. The van der Waals surface area contributed by atoms with Gasteiger partial charge >= 0.3 is 6.09 Å². The van der Waals surface area contributed by atoms with E-state index in [1.165, 1.54) is 12.1 Å². The number of nitrogens with zero attached hydrogens (tertiary/aromatic N) is 1. The van der Waals surface area contributed by atoms with E-state index in [1.807, 2.05) is 30.3 Å². The minimum atomic E-state index is -1.66. The number of aromatic nitrogens is 1. The third-order valence-corrected chi connectivity index (χ3v) is 2.68. The van der Waals surface area contributed by atoms with Crippen molar-refractivity contribution < 1.29 is 9.53 Å². The van der Waals surface area contributed by atoms with E-state index in [2.05, 4.69) is 15.0 Å². The number of rotatable bonds is 2. The maximum absolute atomic E-state index is 11.2. The molecule has 0 aliphatic rings. The molecule has 0 spiro atoms. The first kappa shape index (κ1) is 20.0. The maximum Gasteiger partial charge on any atom is 0.412 e. The molecule has 0 aliphatic carbocycles. The lowest BCUT2D eigenvalue weighted by Gasteiger charge is -2.11. The predicted octanol–water partition coefficient (Wildman–Crippen LogP) is 3.43. The van der Waals surface area contributed by atoms with E-state index in [-0.39, 0.29) is 18.2 Å². The molecular weight excluding hydrogens is 377 g/mol. The smallest absolute Gasteiger partial charge is 0.412 e. The van der Waals surface area contributed by atoms with Crippen molar-refractivity contribution in [3.8, 4) is 0 Å². The molecule has 2 rings (SSSR count). The Balaban J connectivity index is 0.000000341. The lowest BCUT2D eigenvalue weighted by Crippen LogP contribution is -2.21. The fourth-order valence-electron chi connectivity index (χ4n) is 1.30. The van der Waals surface area contributed by atoms with Gasteiger partial charge in [0.05, 0.1) is 5.69 Å². The van der Waals surface area contributed by atoms with Gasteiger partial charge in [-0.2, -0.15) is 0 Å². The molecule has 1 aromatic heterocycles. The van der Waals surface area contributed by atoms with Crippen molar-refractivity contribution in [2.75, 3.05) is 29.1 Å². The topological polar surface area (TPSA) is 129 Å². The van der Waals surface area contributed by atoms with Crippen LogP contribution in [0, 0.1) is 0 Å². The molecule has 0 saturated carbocycles. The number of halogens is 3. The molecule has 0 radical (unpaired) electrons. The molecule has 0 aliphatic heterocycles. The third-order valence-electron chi connectivity index (χ3n) is 2.35. The minimum Gasteiger partial charge on any atom is -0.445 e. The quantitative estimate of drug-likeness (QED) is 0.457. The van der Waals surface area contributed by atoms with Crippen LogP contribution in [0.15, 0.2) is 42.5 Å². The van der Waals surface area contributed by atoms with Gasteiger partial charge in [-0.15, -0.1) is 0 Å². The first-order valence-corrected chi connectivity index (χ1v) is 7.64. The lowest BCUT2D eigenvalue weighted by molar-refractivity contribution is 0.164. The highest BCUT2D eigenvalue weighted by atomic mass is 35.6. The molecule has 0 saturated heterocycles. The molecule has 130 valence electrons. The van der Waals surface area contributed by atoms with Gasteiger partial charge in [0.2, 0.25) is 3.79 Å². The Kier molecular flexibility index (Phi) is 7.70. The van der Waals surface area contributed by atoms with E-state index in [0.29, 0.717) is 5.69 Å². The summed E-state index contributed by atoms with van der Waals surface area (Å²) < 4.78 is 2.96. The van der Waals surface area contributed by atoms with Gasteiger partial charge in [0.15, 0.2) is 0 Å². The highest BCUT2D eigenvalue weighted by Crippen LogP contribution is 2.26. The number of nitrogens with one attached hydrogen (secondary N) is 1. The molecule has 24 heavy (non-hydrogen) atoms. The van der Waals surface area contributed by atoms with Gasteiger partial charge in [-0.05, 0) is 24.3 Å². The molecule has 1 heterocycles. The van der Waals surface area contributed by atoms with Gasteiger partial charge in [-0.3, -0.25) is 5.32 Å². The molecule has 0 fully saturated rings. The van der Waals surface area contributed by atoms with Gasteiger partial charge in [-0.25, -0.2) is 9.78 Å². The van der Waals surface area contributed by atoms with E-state index in [0.717, 1.165) is 5.69 Å². The van der Waals surface area contributed by atoms with Crippen molar-refractivity contribution in [2.24, 2.45) is 0 Å². The molecule has 0 unspecified atom stereocenters. The molecule has 7 N–H and O–H groups in total. The molecule has 2 aromatic rings. The minimum absolute atomic E-state index is 0.101. The van der Waals surface area contributed by atoms with Crippen molar-refractivity contribution in [3.63, 3.8) is 0 Å². The van der Waals surface area contributed by atoms with E-state index >= 15 is 0 Å². The average Bonchev–Trinajstić information content (AvgIpc) is 2.50. The number of anilines is 4. The zero-order valence-electron chi connectivity index (χ0n) is 12.4. The molecule has 0 bridgehead atoms. The molecule has 1 amide bonds. The number of nitrogens with two attached hydrogens (primary N) is 3. The van der Waals surface area contributed by atoms with Crippen molar-refractivity contribution in [3.05, 3.63) is 42.5 Å². The van der Waals surface area contributed by atoms with E-state index in [1.54, 1.807) is 0 Å². The number of hydrogen-bond donors (Lipinski definition) is 4. The van der Waals surface area contributed by atoms with E-state index < -0.39 is 9.89 Å². The fourth-order valence-corrected chi connectivity index (χ4v) is 1.46. The van der Waals surface area contributed by atoms with Gasteiger partial charge < -0.3 is 21.9 Å². The first-order valence-electron chi connectivity index (χ1n) is 6.50. The van der Waals surface area contributed by atoms with E-state index in [9.17, 15) is 4.79 Å². The second-order valence-electron chi connectivity index (χ2n) is 4.40. The number of nitrogen functional groups attached to an aromatic ring is 3. The van der Waals surface area contributed by atoms with Crippen molar-refractivity contribution in [1.29, 1.82) is 0 Å². The van der Waals surface area contributed by atoms with Gasteiger partial charge in [0, 0.05) is 5.69 Å². The Morgan fingerprint density at radius 3 is 2.17 bits per heavy atom. The summed E-state index contributed by atoms with van der Waals surface area (Å²) in [5.74, 6) is 0.287. The normalized spacial score (nSPS) is 10.3. The Labute approximate surface area is 154 Å². The number of ether oxygens (including phenoxy) is 1. The SMILES string of the molecule is Nc1ccc(NC(=O)OCC(Cl)(Cl)Cl)nc1N.Nc1ccccc1. The summed E-state index contributed by atoms with van der Waals surface area (Å²) in [6.07, 6.45) is -0.812. The summed E-state index contributed by atoms with van der Waals surface area (Å²) in [5, 5.41) is 2.30. The van der Waals surface area contributed by atoms with Crippen LogP contribution >= 0.6 is 34.8 Å². The average molecular weight is 393 g/mol. The molecule has 10 heteroatoms. The summed E-state index contributed by atoms with van der Waals surface area (Å²) >= 11 is 16.2. The zero-order valence-corrected chi connectivity index (χ0v) is 14.6. The number of pyridine rings is 1. The number of hydrogen-bond acceptors (Lipinski definition) is 6. The Hall–Kier alpha value is -2.09. The Morgan fingerprint density at radius 1 is 1.08 bits per heavy atom. The summed E-state index contributed by atoms with van der Waals surface area (Å²) in [5.41, 5.74) is 17.4. The lowest BCUT2D eigenvalue weighted by atomic mass is 10.3. The van der Waals surface area contributed by atoms with Gasteiger partial charge in [-0.1, -0.05) is 53.0 Å². The number of amides is 1. The first-order chi connectivity index (χ1) is 11.2. The number of carbonyl (C=O) groups excluding carboxylic acids is 1. The standard InChI is InChI=1S/C8H9Cl3N4O2.C6H7N/c9-8(10,11)3-17-7(16)15-5-2-1-4(12)6(13)14-5;7-6-4-2-1-3-5-6/h1-2H,3,12H2,(H3,13,14,15,16);1-5H,7H2.